The van der Waals surface area contributed by atoms with Crippen LogP contribution in [0.25, 0.3) is 11.1 Å². The number of oxazole rings is 1. The zero-order valence-electron chi connectivity index (χ0n) is 9.49. The van der Waals surface area contributed by atoms with E-state index in [1.807, 2.05) is 12.1 Å². The second kappa shape index (κ2) is 3.91. The minimum absolute atomic E-state index is 0.688. The van der Waals surface area contributed by atoms with E-state index in [9.17, 15) is 0 Å². The summed E-state index contributed by atoms with van der Waals surface area (Å²) in [5.74, 6) is 1.58. The Morgan fingerprint density at radius 1 is 1.50 bits per heavy atom. The molecular weight excluding hydrogens is 200 g/mol. The topological polar surface area (TPSA) is 38.1 Å². The zero-order valence-corrected chi connectivity index (χ0v) is 9.49. The van der Waals surface area contributed by atoms with E-state index >= 15 is 0 Å². The van der Waals surface area contributed by atoms with Crippen molar-refractivity contribution in [1.82, 2.24) is 10.3 Å². The summed E-state index contributed by atoms with van der Waals surface area (Å²) in [6.07, 6.45) is 2.19. The van der Waals surface area contributed by atoms with Gasteiger partial charge in [-0.25, -0.2) is 4.98 Å². The van der Waals surface area contributed by atoms with E-state index in [2.05, 4.69) is 23.3 Å². The van der Waals surface area contributed by atoms with Gasteiger partial charge in [-0.05, 0) is 44.0 Å². The molecule has 0 bridgehead atoms. The van der Waals surface area contributed by atoms with Gasteiger partial charge in [-0.15, -0.1) is 0 Å². The Morgan fingerprint density at radius 3 is 3.19 bits per heavy atom. The molecule has 0 aliphatic carbocycles. The van der Waals surface area contributed by atoms with Gasteiger partial charge in [0, 0.05) is 6.42 Å². The van der Waals surface area contributed by atoms with Gasteiger partial charge in [0.05, 0.1) is 0 Å². The van der Waals surface area contributed by atoms with Crippen LogP contribution < -0.4 is 5.32 Å². The normalized spacial score (nSPS) is 20.7. The fourth-order valence-electron chi connectivity index (χ4n) is 2.36. The van der Waals surface area contributed by atoms with Gasteiger partial charge in [0.25, 0.3) is 0 Å². The van der Waals surface area contributed by atoms with Crippen LogP contribution in [-0.4, -0.2) is 18.1 Å². The Balaban J connectivity index is 1.90. The molecule has 0 saturated carbocycles. The first kappa shape index (κ1) is 9.85. The van der Waals surface area contributed by atoms with Crippen LogP contribution in [0, 0.1) is 12.8 Å². The van der Waals surface area contributed by atoms with Crippen molar-refractivity contribution in [2.75, 3.05) is 13.1 Å². The molecular formula is C13H16N2O. The van der Waals surface area contributed by atoms with E-state index in [0.29, 0.717) is 5.92 Å². The molecule has 1 aromatic carbocycles. The molecule has 1 saturated heterocycles. The third kappa shape index (κ3) is 1.71. The molecule has 0 spiro atoms. The number of fused-ring (bicyclic) bond motifs is 1. The average Bonchev–Trinajstić information content (AvgIpc) is 2.88. The number of hydrogen-bond donors (Lipinski definition) is 1. The van der Waals surface area contributed by atoms with Crippen molar-refractivity contribution in [2.45, 2.75) is 19.8 Å². The summed E-state index contributed by atoms with van der Waals surface area (Å²) in [5, 5.41) is 3.37. The second-order valence-corrected chi connectivity index (χ2v) is 4.59. The molecule has 3 rings (SSSR count). The molecule has 1 N–H and O–H groups in total. The monoisotopic (exact) mass is 216 g/mol. The van der Waals surface area contributed by atoms with Crippen molar-refractivity contribution in [3.63, 3.8) is 0 Å². The fourth-order valence-corrected chi connectivity index (χ4v) is 2.36. The number of rotatable bonds is 2. The molecule has 1 unspecified atom stereocenters. The molecule has 1 aliphatic rings. The molecule has 3 heteroatoms. The lowest BCUT2D eigenvalue weighted by Crippen LogP contribution is -2.10. The molecule has 0 radical (unpaired) electrons. The zero-order chi connectivity index (χ0) is 11.0. The van der Waals surface area contributed by atoms with Gasteiger partial charge in [0.2, 0.25) is 0 Å². The SMILES string of the molecule is Cc1cccc2oc(CC3CCNC3)nc12. The highest BCUT2D eigenvalue weighted by atomic mass is 16.3. The summed E-state index contributed by atoms with van der Waals surface area (Å²) in [6, 6.07) is 6.08. The van der Waals surface area contributed by atoms with E-state index in [0.717, 1.165) is 36.5 Å². The molecule has 16 heavy (non-hydrogen) atoms. The lowest BCUT2D eigenvalue weighted by Gasteiger charge is -2.02. The maximum absolute atomic E-state index is 5.77. The number of nitrogens with one attached hydrogen (secondary N) is 1. The Morgan fingerprint density at radius 2 is 2.44 bits per heavy atom. The standard InChI is InChI=1S/C13H16N2O/c1-9-3-2-4-11-13(9)15-12(16-11)7-10-5-6-14-8-10/h2-4,10,14H,5-8H2,1H3. The highest BCUT2D eigenvalue weighted by molar-refractivity contribution is 5.76. The van der Waals surface area contributed by atoms with Gasteiger partial charge in [0.15, 0.2) is 11.5 Å². The second-order valence-electron chi connectivity index (χ2n) is 4.59. The van der Waals surface area contributed by atoms with E-state index in [-0.39, 0.29) is 0 Å². The number of nitrogens with zero attached hydrogens (tertiary/aromatic N) is 1. The summed E-state index contributed by atoms with van der Waals surface area (Å²) >= 11 is 0. The van der Waals surface area contributed by atoms with Crippen LogP contribution in [0.3, 0.4) is 0 Å². The molecule has 84 valence electrons. The van der Waals surface area contributed by atoms with Gasteiger partial charge >= 0.3 is 0 Å². The minimum atomic E-state index is 0.688. The lowest BCUT2D eigenvalue weighted by atomic mass is 10.1. The van der Waals surface area contributed by atoms with Crippen LogP contribution in [0.15, 0.2) is 22.6 Å². The summed E-state index contributed by atoms with van der Waals surface area (Å²) in [7, 11) is 0. The maximum Gasteiger partial charge on any atom is 0.195 e. The molecule has 0 amide bonds. The van der Waals surface area contributed by atoms with Crippen LogP contribution in [0.2, 0.25) is 0 Å². The first-order valence-electron chi connectivity index (χ1n) is 5.88. The third-order valence-corrected chi connectivity index (χ3v) is 3.29. The predicted molar refractivity (Wildman–Crippen MR) is 63.4 cm³/mol. The number of aromatic nitrogens is 1. The largest absolute Gasteiger partial charge is 0.441 e. The Labute approximate surface area is 94.9 Å². The van der Waals surface area contributed by atoms with Crippen LogP contribution in [0.1, 0.15) is 17.9 Å². The predicted octanol–water partition coefficient (Wildman–Crippen LogP) is 2.29. The van der Waals surface area contributed by atoms with Crippen LogP contribution in [0.5, 0.6) is 0 Å². The number of benzene rings is 1. The Bertz CT molecular complexity index is 498. The highest BCUT2D eigenvalue weighted by Crippen LogP contribution is 2.22. The van der Waals surface area contributed by atoms with Gasteiger partial charge in [-0.1, -0.05) is 12.1 Å². The molecule has 2 aromatic rings. The van der Waals surface area contributed by atoms with Crippen molar-refractivity contribution in [1.29, 1.82) is 0 Å². The minimum Gasteiger partial charge on any atom is -0.441 e. The Kier molecular flexibility index (Phi) is 2.40. The van der Waals surface area contributed by atoms with E-state index in [4.69, 9.17) is 4.42 Å². The van der Waals surface area contributed by atoms with E-state index in [1.54, 1.807) is 0 Å². The molecule has 3 nitrogen and oxygen atoms in total. The number of aryl methyl sites for hydroxylation is 1. The van der Waals surface area contributed by atoms with Gasteiger partial charge in [0.1, 0.15) is 5.52 Å². The number of para-hydroxylation sites is 1. The van der Waals surface area contributed by atoms with Crippen molar-refractivity contribution in [3.05, 3.63) is 29.7 Å². The first-order valence-corrected chi connectivity index (χ1v) is 5.88. The van der Waals surface area contributed by atoms with Crippen molar-refractivity contribution in [2.24, 2.45) is 5.92 Å². The molecule has 1 fully saturated rings. The molecule has 2 heterocycles. The summed E-state index contributed by atoms with van der Waals surface area (Å²) in [4.78, 5) is 4.58. The van der Waals surface area contributed by atoms with Gasteiger partial charge in [-0.2, -0.15) is 0 Å². The third-order valence-electron chi connectivity index (χ3n) is 3.29. The molecule has 1 atom stereocenters. The highest BCUT2D eigenvalue weighted by Gasteiger charge is 2.18. The van der Waals surface area contributed by atoms with Gasteiger partial charge < -0.3 is 9.73 Å². The van der Waals surface area contributed by atoms with Crippen molar-refractivity contribution < 1.29 is 4.42 Å². The molecule has 1 aromatic heterocycles. The smallest absolute Gasteiger partial charge is 0.195 e. The van der Waals surface area contributed by atoms with Crippen molar-refractivity contribution >= 4 is 11.1 Å². The summed E-state index contributed by atoms with van der Waals surface area (Å²) < 4.78 is 5.77. The van der Waals surface area contributed by atoms with Crippen LogP contribution in [-0.2, 0) is 6.42 Å². The summed E-state index contributed by atoms with van der Waals surface area (Å²) in [6.45, 7) is 4.30. The number of hydrogen-bond acceptors (Lipinski definition) is 3. The van der Waals surface area contributed by atoms with Crippen molar-refractivity contribution in [3.8, 4) is 0 Å². The molecule has 1 aliphatic heterocycles. The van der Waals surface area contributed by atoms with Crippen LogP contribution >= 0.6 is 0 Å². The maximum atomic E-state index is 5.77. The lowest BCUT2D eigenvalue weighted by molar-refractivity contribution is 0.462. The van der Waals surface area contributed by atoms with E-state index < -0.39 is 0 Å². The van der Waals surface area contributed by atoms with Gasteiger partial charge in [-0.3, -0.25) is 0 Å². The average molecular weight is 216 g/mol. The Hall–Kier alpha value is -1.35. The van der Waals surface area contributed by atoms with E-state index in [1.165, 1.54) is 12.0 Å². The fraction of sp³-hybridized carbons (Fsp3) is 0.462. The first-order chi connectivity index (χ1) is 7.83. The quantitative estimate of drug-likeness (QED) is 0.837. The summed E-state index contributed by atoms with van der Waals surface area (Å²) in [5.41, 5.74) is 3.13. The van der Waals surface area contributed by atoms with Crippen LogP contribution in [0.4, 0.5) is 0 Å².